The van der Waals surface area contributed by atoms with Gasteiger partial charge in [-0.1, -0.05) is 93.6 Å². The number of nitrogens with zero attached hydrogens (tertiary/aromatic N) is 1. The molecule has 0 saturated heterocycles. The first-order chi connectivity index (χ1) is 14.7. The summed E-state index contributed by atoms with van der Waals surface area (Å²) in [5.41, 5.74) is 2.24. The van der Waals surface area contributed by atoms with Crippen molar-refractivity contribution in [2.24, 2.45) is 0 Å². The van der Waals surface area contributed by atoms with Gasteiger partial charge >= 0.3 is 0 Å². The smallest absolute Gasteiger partial charge is 0.230 e. The van der Waals surface area contributed by atoms with Crippen molar-refractivity contribution in [3.05, 3.63) is 83.9 Å². The number of amides is 1. The van der Waals surface area contributed by atoms with Crippen LogP contribution in [0.2, 0.25) is 18.1 Å². The number of allylic oxidation sites excluding steroid dienone is 1. The van der Waals surface area contributed by atoms with E-state index in [1.807, 2.05) is 41.3 Å². The zero-order chi connectivity index (χ0) is 22.5. The molecule has 166 valence electrons. The summed E-state index contributed by atoms with van der Waals surface area (Å²) >= 11 is 0. The maximum Gasteiger partial charge on any atom is 0.230 e. The molecule has 0 N–H and O–H groups in total. The second-order valence-electron chi connectivity index (χ2n) is 10.1. The monoisotopic (exact) mass is 435 g/mol. The molecule has 4 heteroatoms. The number of carbonyl (C=O) groups is 1. The summed E-state index contributed by atoms with van der Waals surface area (Å²) in [5, 5.41) is 0.135. The molecular formula is C27H37NO2Si. The van der Waals surface area contributed by atoms with Crippen molar-refractivity contribution in [2.45, 2.75) is 70.3 Å². The fourth-order valence-corrected chi connectivity index (χ4v) is 5.16. The SMILES string of the molecule is CC(C)(C)[Si](C)(C)O[C@@H]1C/C=C/C[C@@H](c2ccccc2)C(=O)N(Cc2ccccc2)C1. The maximum absolute atomic E-state index is 13.8. The number of hydrogen-bond acceptors (Lipinski definition) is 2. The van der Waals surface area contributed by atoms with Crippen LogP contribution in [0.25, 0.3) is 0 Å². The quantitative estimate of drug-likeness (QED) is 0.394. The van der Waals surface area contributed by atoms with Crippen LogP contribution in [0.5, 0.6) is 0 Å². The van der Waals surface area contributed by atoms with Gasteiger partial charge in [0.15, 0.2) is 8.32 Å². The van der Waals surface area contributed by atoms with E-state index in [0.29, 0.717) is 13.1 Å². The van der Waals surface area contributed by atoms with Gasteiger partial charge in [-0.25, -0.2) is 0 Å². The fourth-order valence-electron chi connectivity index (χ4n) is 3.80. The van der Waals surface area contributed by atoms with Crippen LogP contribution in [0.1, 0.15) is 50.7 Å². The predicted octanol–water partition coefficient (Wildman–Crippen LogP) is 6.54. The molecule has 0 fully saturated rings. The van der Waals surface area contributed by atoms with Crippen molar-refractivity contribution in [3.8, 4) is 0 Å². The van der Waals surface area contributed by atoms with Gasteiger partial charge in [0.1, 0.15) is 0 Å². The van der Waals surface area contributed by atoms with Gasteiger partial charge in [0.2, 0.25) is 5.91 Å². The van der Waals surface area contributed by atoms with Crippen molar-refractivity contribution < 1.29 is 9.22 Å². The van der Waals surface area contributed by atoms with Gasteiger partial charge in [0.25, 0.3) is 0 Å². The Morgan fingerprint density at radius 2 is 1.52 bits per heavy atom. The van der Waals surface area contributed by atoms with E-state index < -0.39 is 8.32 Å². The first-order valence-electron chi connectivity index (χ1n) is 11.4. The van der Waals surface area contributed by atoms with Gasteiger partial charge in [-0.05, 0) is 42.1 Å². The molecule has 0 bridgehead atoms. The first-order valence-corrected chi connectivity index (χ1v) is 14.3. The van der Waals surface area contributed by atoms with E-state index in [2.05, 4.69) is 70.3 Å². The van der Waals surface area contributed by atoms with Crippen molar-refractivity contribution in [1.29, 1.82) is 0 Å². The summed E-state index contributed by atoms with van der Waals surface area (Å²) in [6.07, 6.45) is 5.96. The molecule has 31 heavy (non-hydrogen) atoms. The molecule has 0 spiro atoms. The van der Waals surface area contributed by atoms with Crippen LogP contribution in [0.3, 0.4) is 0 Å². The van der Waals surface area contributed by atoms with Crippen LogP contribution in [0.4, 0.5) is 0 Å². The zero-order valence-corrected chi connectivity index (χ0v) is 20.7. The van der Waals surface area contributed by atoms with E-state index in [1.165, 1.54) is 0 Å². The average molecular weight is 436 g/mol. The number of rotatable bonds is 5. The predicted molar refractivity (Wildman–Crippen MR) is 131 cm³/mol. The molecule has 1 amide bonds. The molecule has 0 unspecified atom stereocenters. The van der Waals surface area contributed by atoms with Crippen molar-refractivity contribution in [3.63, 3.8) is 0 Å². The molecule has 3 nitrogen and oxygen atoms in total. The van der Waals surface area contributed by atoms with E-state index in [0.717, 1.165) is 24.0 Å². The summed E-state index contributed by atoms with van der Waals surface area (Å²) in [6.45, 7) is 12.6. The number of hydrogen-bond donors (Lipinski definition) is 0. The van der Waals surface area contributed by atoms with Crippen LogP contribution >= 0.6 is 0 Å². The fraction of sp³-hybridized carbons (Fsp3) is 0.444. The Labute approximate surface area is 189 Å². The minimum Gasteiger partial charge on any atom is -0.412 e. The molecule has 0 radical (unpaired) electrons. The normalized spacial score (nSPS) is 21.8. The first kappa shape index (κ1) is 23.5. The summed E-state index contributed by atoms with van der Waals surface area (Å²) < 4.78 is 6.79. The summed E-state index contributed by atoms with van der Waals surface area (Å²) in [6, 6.07) is 20.5. The maximum atomic E-state index is 13.8. The summed E-state index contributed by atoms with van der Waals surface area (Å²) in [4.78, 5) is 15.8. The summed E-state index contributed by atoms with van der Waals surface area (Å²) in [7, 11) is -1.94. The third-order valence-corrected chi connectivity index (χ3v) is 11.2. The highest BCUT2D eigenvalue weighted by atomic mass is 28.4. The Balaban J connectivity index is 1.90. The van der Waals surface area contributed by atoms with Gasteiger partial charge in [0, 0.05) is 13.1 Å². The van der Waals surface area contributed by atoms with Crippen LogP contribution in [0.15, 0.2) is 72.8 Å². The topological polar surface area (TPSA) is 29.5 Å². The second-order valence-corrected chi connectivity index (χ2v) is 14.9. The zero-order valence-electron chi connectivity index (χ0n) is 19.7. The van der Waals surface area contributed by atoms with Gasteiger partial charge in [-0.3, -0.25) is 4.79 Å². The van der Waals surface area contributed by atoms with E-state index in [-0.39, 0.29) is 23.0 Å². The van der Waals surface area contributed by atoms with E-state index >= 15 is 0 Å². The van der Waals surface area contributed by atoms with Crippen molar-refractivity contribution >= 4 is 14.2 Å². The largest absolute Gasteiger partial charge is 0.412 e. The molecule has 2 aromatic carbocycles. The highest BCUT2D eigenvalue weighted by Crippen LogP contribution is 2.38. The molecule has 3 rings (SSSR count). The Bertz CT molecular complexity index is 871. The third-order valence-electron chi connectivity index (χ3n) is 6.66. The molecule has 2 atom stereocenters. The van der Waals surface area contributed by atoms with Gasteiger partial charge in [-0.2, -0.15) is 0 Å². The minimum absolute atomic E-state index is 0.0133. The lowest BCUT2D eigenvalue weighted by Crippen LogP contribution is -2.48. The van der Waals surface area contributed by atoms with Crippen LogP contribution < -0.4 is 0 Å². The highest BCUT2D eigenvalue weighted by Gasteiger charge is 2.40. The lowest BCUT2D eigenvalue weighted by molar-refractivity contribution is -0.134. The molecule has 1 aliphatic rings. The van der Waals surface area contributed by atoms with E-state index in [9.17, 15) is 4.79 Å². The van der Waals surface area contributed by atoms with Gasteiger partial charge in [-0.15, -0.1) is 0 Å². The van der Waals surface area contributed by atoms with Gasteiger partial charge in [0.05, 0.1) is 12.0 Å². The van der Waals surface area contributed by atoms with Crippen LogP contribution in [0, 0.1) is 0 Å². The summed E-state index contributed by atoms with van der Waals surface area (Å²) in [5.74, 6) is 0.0261. The minimum atomic E-state index is -1.94. The molecule has 2 aromatic rings. The van der Waals surface area contributed by atoms with Gasteiger partial charge < -0.3 is 9.33 Å². The van der Waals surface area contributed by atoms with Crippen LogP contribution in [-0.2, 0) is 15.8 Å². The Kier molecular flexibility index (Phi) is 7.55. The van der Waals surface area contributed by atoms with Crippen molar-refractivity contribution in [2.75, 3.05) is 6.54 Å². The van der Waals surface area contributed by atoms with E-state index in [4.69, 9.17) is 4.43 Å². The standard InChI is InChI=1S/C27H37NO2Si/c1-27(2,3)31(4,5)30-24-18-12-13-19-25(23-16-10-7-11-17-23)26(29)28(21-24)20-22-14-8-6-9-15-22/h6-17,24-25H,18-21H2,1-5H3/b13-12+/t24-,25+/m1/s1. The molecule has 1 heterocycles. The molecule has 0 aliphatic carbocycles. The highest BCUT2D eigenvalue weighted by molar-refractivity contribution is 6.74. The lowest BCUT2D eigenvalue weighted by Gasteiger charge is -2.40. The molecule has 0 aromatic heterocycles. The van der Waals surface area contributed by atoms with Crippen molar-refractivity contribution in [1.82, 2.24) is 4.90 Å². The number of benzene rings is 2. The number of carbonyl (C=O) groups excluding carboxylic acids is 1. The van der Waals surface area contributed by atoms with E-state index in [1.54, 1.807) is 0 Å². The molecule has 1 aliphatic heterocycles. The Morgan fingerprint density at radius 3 is 2.13 bits per heavy atom. The molecule has 0 saturated carbocycles. The third kappa shape index (κ3) is 6.17. The Morgan fingerprint density at radius 1 is 0.935 bits per heavy atom. The average Bonchev–Trinajstić information content (AvgIpc) is 2.79. The molecular weight excluding hydrogens is 398 g/mol. The second kappa shape index (κ2) is 9.97. The lowest BCUT2D eigenvalue weighted by atomic mass is 9.94. The Hall–Kier alpha value is -2.17. The van der Waals surface area contributed by atoms with Crippen LogP contribution in [-0.4, -0.2) is 31.8 Å².